The molecule has 3 amide bonds. The molecule has 10 heteroatoms. The Labute approximate surface area is 247 Å². The number of carbonyl (C=O) groups is 2. The van der Waals surface area contributed by atoms with E-state index in [1.165, 1.54) is 12.1 Å². The van der Waals surface area contributed by atoms with Crippen LogP contribution in [0.1, 0.15) is 57.1 Å². The zero-order valence-electron chi connectivity index (χ0n) is 24.6. The van der Waals surface area contributed by atoms with Gasteiger partial charge in [-0.1, -0.05) is 57.0 Å². The number of aliphatic hydroxyl groups is 1. The van der Waals surface area contributed by atoms with E-state index in [-0.39, 0.29) is 31.0 Å². The highest BCUT2D eigenvalue weighted by Crippen LogP contribution is 2.22. The van der Waals surface area contributed by atoms with Crippen molar-refractivity contribution in [1.29, 1.82) is 0 Å². The van der Waals surface area contributed by atoms with Gasteiger partial charge in [0.1, 0.15) is 17.7 Å². The summed E-state index contributed by atoms with van der Waals surface area (Å²) in [4.78, 5) is 30.1. The Balaban J connectivity index is 1.46. The van der Waals surface area contributed by atoms with Crippen LogP contribution < -0.4 is 10.6 Å². The number of nitrogens with one attached hydrogen (secondary N) is 2. The second kappa shape index (κ2) is 15.4. The summed E-state index contributed by atoms with van der Waals surface area (Å²) >= 11 is 0. The minimum Gasteiger partial charge on any atom is -0.389 e. The largest absolute Gasteiger partial charge is 0.389 e. The summed E-state index contributed by atoms with van der Waals surface area (Å²) < 4.78 is 34.1. The summed E-state index contributed by atoms with van der Waals surface area (Å²) in [7, 11) is 0. The van der Waals surface area contributed by atoms with Gasteiger partial charge >= 0.3 is 6.03 Å². The summed E-state index contributed by atoms with van der Waals surface area (Å²) in [5.74, 6) is -1.84. The lowest BCUT2D eigenvalue weighted by molar-refractivity contribution is -0.126. The molecular formula is C32H44F2N4O4. The number of benzene rings is 2. The Morgan fingerprint density at radius 3 is 2.50 bits per heavy atom. The Bertz CT molecular complexity index is 1150. The fourth-order valence-corrected chi connectivity index (χ4v) is 5.86. The van der Waals surface area contributed by atoms with Crippen LogP contribution in [-0.2, 0) is 22.6 Å². The summed E-state index contributed by atoms with van der Waals surface area (Å²) in [5.41, 5.74) is 1.37. The molecule has 0 spiro atoms. The van der Waals surface area contributed by atoms with E-state index in [9.17, 15) is 23.5 Å². The molecule has 2 saturated heterocycles. The van der Waals surface area contributed by atoms with Gasteiger partial charge in [0.05, 0.1) is 31.4 Å². The molecule has 2 aromatic carbocycles. The zero-order valence-corrected chi connectivity index (χ0v) is 24.6. The number of amides is 3. The Morgan fingerprint density at radius 2 is 1.81 bits per heavy atom. The molecule has 2 aliphatic rings. The molecule has 1 unspecified atom stereocenters. The van der Waals surface area contributed by atoms with Crippen LogP contribution in [0.4, 0.5) is 13.6 Å². The van der Waals surface area contributed by atoms with Crippen molar-refractivity contribution >= 4 is 11.9 Å². The Kier molecular flexibility index (Phi) is 11.7. The first-order chi connectivity index (χ1) is 20.3. The van der Waals surface area contributed by atoms with E-state index < -0.39 is 35.9 Å². The predicted octanol–water partition coefficient (Wildman–Crippen LogP) is 4.01. The molecule has 0 radical (unpaired) electrons. The van der Waals surface area contributed by atoms with E-state index >= 15 is 0 Å². The summed E-state index contributed by atoms with van der Waals surface area (Å²) in [6.07, 6.45) is 2.90. The first-order valence-electron chi connectivity index (χ1n) is 15.2. The zero-order chi connectivity index (χ0) is 30.1. The molecule has 0 saturated carbocycles. The van der Waals surface area contributed by atoms with Gasteiger partial charge in [-0.2, -0.15) is 0 Å². The monoisotopic (exact) mass is 586 g/mol. The molecule has 8 nitrogen and oxygen atoms in total. The SMILES string of the molecule is CCCCCN1CC(C(=O)N[C@@H](Cc2cc(F)cc(F)c2)[C@H](O)[C@H]2C[C@@H](OCc3ccccc3)CN2)N(CCC)C1=O. The van der Waals surface area contributed by atoms with E-state index in [1.54, 1.807) is 9.80 Å². The van der Waals surface area contributed by atoms with Crippen molar-refractivity contribution in [3.05, 3.63) is 71.3 Å². The van der Waals surface area contributed by atoms with Crippen LogP contribution in [-0.4, -0.2) is 83.4 Å². The van der Waals surface area contributed by atoms with Crippen LogP contribution in [0.15, 0.2) is 48.5 Å². The van der Waals surface area contributed by atoms with Gasteiger partial charge in [0.15, 0.2) is 0 Å². The van der Waals surface area contributed by atoms with E-state index in [0.29, 0.717) is 44.6 Å². The van der Waals surface area contributed by atoms with Crippen molar-refractivity contribution < 1.29 is 28.2 Å². The van der Waals surface area contributed by atoms with Crippen LogP contribution in [0, 0.1) is 11.6 Å². The van der Waals surface area contributed by atoms with Gasteiger partial charge in [0.2, 0.25) is 5.91 Å². The average Bonchev–Trinajstić information content (AvgIpc) is 3.56. The molecule has 2 heterocycles. The van der Waals surface area contributed by atoms with Gasteiger partial charge in [-0.15, -0.1) is 0 Å². The second-order valence-electron chi connectivity index (χ2n) is 11.4. The molecule has 2 aromatic rings. The Morgan fingerprint density at radius 1 is 1.07 bits per heavy atom. The topological polar surface area (TPSA) is 94.1 Å². The third-order valence-corrected chi connectivity index (χ3v) is 8.07. The molecule has 0 aromatic heterocycles. The van der Waals surface area contributed by atoms with E-state index in [2.05, 4.69) is 17.6 Å². The third kappa shape index (κ3) is 8.49. The first-order valence-corrected chi connectivity index (χ1v) is 15.2. The number of aliphatic hydroxyl groups excluding tert-OH is 1. The standard InChI is InChI=1S/C32H44F2N4O4/c1-3-5-9-13-37-20-29(38(12-4-2)32(37)41)31(40)36-28(16-23-14-24(33)17-25(34)15-23)30(39)27-18-26(19-35-27)42-21-22-10-7-6-8-11-22/h6-8,10-11,14-15,17,26-30,35,39H,3-5,9,12-13,16,18-21H2,1-2H3,(H,36,40)/t26-,27-,28+,29?,30-/m1/s1. The van der Waals surface area contributed by atoms with Crippen molar-refractivity contribution in [1.82, 2.24) is 20.4 Å². The second-order valence-corrected chi connectivity index (χ2v) is 11.4. The lowest BCUT2D eigenvalue weighted by Gasteiger charge is -2.31. The third-order valence-electron chi connectivity index (χ3n) is 8.07. The van der Waals surface area contributed by atoms with Gasteiger partial charge < -0.3 is 30.3 Å². The maximum absolute atomic E-state index is 14.0. The fraction of sp³-hybridized carbons (Fsp3) is 0.562. The van der Waals surface area contributed by atoms with Crippen LogP contribution in [0.3, 0.4) is 0 Å². The van der Waals surface area contributed by atoms with Crippen molar-refractivity contribution in [2.24, 2.45) is 0 Å². The van der Waals surface area contributed by atoms with Gasteiger partial charge in [-0.3, -0.25) is 4.79 Å². The number of hydrogen-bond donors (Lipinski definition) is 3. The van der Waals surface area contributed by atoms with Crippen LogP contribution in [0.5, 0.6) is 0 Å². The predicted molar refractivity (Wildman–Crippen MR) is 157 cm³/mol. The van der Waals surface area contributed by atoms with Crippen LogP contribution in [0.25, 0.3) is 0 Å². The minimum atomic E-state index is -1.07. The molecule has 230 valence electrons. The van der Waals surface area contributed by atoms with Crippen LogP contribution >= 0.6 is 0 Å². The molecule has 4 rings (SSSR count). The molecule has 5 atom stereocenters. The molecule has 0 bridgehead atoms. The normalized spacial score (nSPS) is 22.0. The number of hydrogen-bond acceptors (Lipinski definition) is 5. The lowest BCUT2D eigenvalue weighted by atomic mass is 9.94. The van der Waals surface area contributed by atoms with Crippen molar-refractivity contribution in [3.8, 4) is 0 Å². The maximum atomic E-state index is 14.0. The first kappa shape index (κ1) is 31.8. The fourth-order valence-electron chi connectivity index (χ4n) is 5.86. The van der Waals surface area contributed by atoms with Crippen molar-refractivity contribution in [2.45, 2.75) is 89.3 Å². The number of ether oxygens (including phenoxy) is 1. The molecule has 0 aliphatic carbocycles. The van der Waals surface area contributed by atoms with Crippen LogP contribution in [0.2, 0.25) is 0 Å². The van der Waals surface area contributed by atoms with Gasteiger partial charge in [-0.05, 0) is 48.9 Å². The van der Waals surface area contributed by atoms with E-state index in [4.69, 9.17) is 4.74 Å². The highest BCUT2D eigenvalue weighted by atomic mass is 19.1. The van der Waals surface area contributed by atoms with Crippen molar-refractivity contribution in [2.75, 3.05) is 26.2 Å². The number of carbonyl (C=O) groups excluding carboxylic acids is 2. The molecular weight excluding hydrogens is 542 g/mol. The highest BCUT2D eigenvalue weighted by molar-refractivity contribution is 5.90. The number of halogens is 2. The number of rotatable bonds is 15. The Hall–Kier alpha value is -3.08. The van der Waals surface area contributed by atoms with E-state index in [1.807, 2.05) is 37.3 Å². The van der Waals surface area contributed by atoms with Gasteiger partial charge in [-0.25, -0.2) is 13.6 Å². The minimum absolute atomic E-state index is 0.0178. The van der Waals surface area contributed by atoms with Gasteiger partial charge in [0, 0.05) is 31.7 Å². The number of urea groups is 1. The average molecular weight is 587 g/mol. The summed E-state index contributed by atoms with van der Waals surface area (Å²) in [6.45, 7) is 6.31. The highest BCUT2D eigenvalue weighted by Gasteiger charge is 2.42. The van der Waals surface area contributed by atoms with Crippen molar-refractivity contribution in [3.63, 3.8) is 0 Å². The molecule has 42 heavy (non-hydrogen) atoms. The smallest absolute Gasteiger partial charge is 0.320 e. The summed E-state index contributed by atoms with van der Waals surface area (Å²) in [5, 5.41) is 17.8. The molecule has 3 N–H and O–H groups in total. The molecule has 2 aliphatic heterocycles. The molecule has 2 fully saturated rings. The van der Waals surface area contributed by atoms with Gasteiger partial charge in [0.25, 0.3) is 0 Å². The summed E-state index contributed by atoms with van der Waals surface area (Å²) in [6, 6.07) is 10.9. The van der Waals surface area contributed by atoms with E-state index in [0.717, 1.165) is 30.9 Å². The number of unbranched alkanes of at least 4 members (excludes halogenated alkanes) is 2. The quantitative estimate of drug-likeness (QED) is 0.274. The maximum Gasteiger partial charge on any atom is 0.320 e. The lowest BCUT2D eigenvalue weighted by Crippen LogP contribution is -2.56. The number of nitrogens with zero attached hydrogens (tertiary/aromatic N) is 2.